The summed E-state index contributed by atoms with van der Waals surface area (Å²) in [6.45, 7) is 6.93. The Morgan fingerprint density at radius 1 is 0.905 bits per heavy atom. The predicted octanol–water partition coefficient (Wildman–Crippen LogP) is 6.01. The van der Waals surface area contributed by atoms with E-state index in [0.717, 1.165) is 0 Å². The second kappa shape index (κ2) is 11.3. The van der Waals surface area contributed by atoms with Crippen molar-refractivity contribution in [3.05, 3.63) is 12.2 Å². The minimum atomic E-state index is -0.397. The van der Waals surface area contributed by atoms with Gasteiger partial charge in [0.05, 0.1) is 6.61 Å². The van der Waals surface area contributed by atoms with Crippen LogP contribution in [-0.4, -0.2) is 18.5 Å². The fourth-order valence-electron chi connectivity index (χ4n) is 2.81. The summed E-state index contributed by atoms with van der Waals surface area (Å²) in [5.74, 6) is -0.397. The average molecular weight is 296 g/mol. The average Bonchev–Trinajstić information content (AvgIpc) is 2.79. The summed E-state index contributed by atoms with van der Waals surface area (Å²) < 4.78 is 11.3. The fraction of sp³-hybridized carbons (Fsp3) is 0.895. The van der Waals surface area contributed by atoms with E-state index in [1.807, 2.05) is 13.8 Å². The molecule has 21 heavy (non-hydrogen) atoms. The van der Waals surface area contributed by atoms with Gasteiger partial charge in [0, 0.05) is 0 Å². The van der Waals surface area contributed by atoms with Gasteiger partial charge >= 0.3 is 0 Å². The van der Waals surface area contributed by atoms with Gasteiger partial charge in [0.1, 0.15) is 6.10 Å². The number of allylic oxidation sites excluding steroid dienone is 1. The molecule has 0 aromatic carbocycles. The van der Waals surface area contributed by atoms with E-state index in [1.54, 1.807) is 0 Å². The first kappa shape index (κ1) is 18.7. The Morgan fingerprint density at radius 2 is 1.48 bits per heavy atom. The fourth-order valence-corrected chi connectivity index (χ4v) is 2.81. The van der Waals surface area contributed by atoms with Gasteiger partial charge < -0.3 is 9.47 Å². The molecule has 0 aliphatic carbocycles. The van der Waals surface area contributed by atoms with Crippen molar-refractivity contribution < 1.29 is 9.47 Å². The molecule has 1 aliphatic heterocycles. The molecule has 1 saturated heterocycles. The van der Waals surface area contributed by atoms with E-state index in [0.29, 0.717) is 6.61 Å². The van der Waals surface area contributed by atoms with Gasteiger partial charge in [-0.1, -0.05) is 76.9 Å². The van der Waals surface area contributed by atoms with Gasteiger partial charge in [-0.3, -0.25) is 0 Å². The molecule has 1 heterocycles. The third kappa shape index (κ3) is 10.1. The number of unbranched alkanes of at least 4 members (excludes halogenated alkanes) is 10. The first-order chi connectivity index (χ1) is 10.1. The smallest absolute Gasteiger partial charge is 0.163 e. The third-order valence-electron chi connectivity index (χ3n) is 4.11. The van der Waals surface area contributed by atoms with Crippen LogP contribution in [0.2, 0.25) is 0 Å². The van der Waals surface area contributed by atoms with Crippen LogP contribution in [0.15, 0.2) is 12.2 Å². The van der Waals surface area contributed by atoms with Crippen LogP contribution in [0.25, 0.3) is 0 Å². The monoisotopic (exact) mass is 296 g/mol. The molecule has 1 aliphatic rings. The van der Waals surface area contributed by atoms with Gasteiger partial charge in [0.2, 0.25) is 0 Å². The lowest BCUT2D eigenvalue weighted by molar-refractivity contribution is -0.133. The largest absolute Gasteiger partial charge is 0.347 e. The summed E-state index contributed by atoms with van der Waals surface area (Å²) in [5, 5.41) is 0. The summed E-state index contributed by atoms with van der Waals surface area (Å²) >= 11 is 0. The van der Waals surface area contributed by atoms with Crippen molar-refractivity contribution in [2.75, 3.05) is 6.61 Å². The van der Waals surface area contributed by atoms with Crippen molar-refractivity contribution in [2.24, 2.45) is 0 Å². The first-order valence-electron chi connectivity index (χ1n) is 9.12. The Balaban J connectivity index is 1.82. The summed E-state index contributed by atoms with van der Waals surface area (Å²) in [4.78, 5) is 0. The van der Waals surface area contributed by atoms with Crippen LogP contribution in [0.4, 0.5) is 0 Å². The third-order valence-corrected chi connectivity index (χ3v) is 4.11. The standard InChI is InChI=1S/C19H36O2/c1-4-5-6-7-8-9-10-11-12-13-14-15-16-18-17-20-19(2,3)21-18/h15-16,18H,4-14,17H2,1-3H3/b16-15-/t18-/m0/s1. The highest BCUT2D eigenvalue weighted by Crippen LogP contribution is 2.23. The molecule has 0 bridgehead atoms. The molecule has 1 fully saturated rings. The highest BCUT2D eigenvalue weighted by molar-refractivity contribution is 4.92. The molecule has 0 amide bonds. The number of rotatable bonds is 12. The molecule has 0 aromatic heterocycles. The summed E-state index contributed by atoms with van der Waals surface area (Å²) in [6.07, 6.45) is 19.8. The Hall–Kier alpha value is -0.340. The van der Waals surface area contributed by atoms with Gasteiger partial charge in [0.25, 0.3) is 0 Å². The van der Waals surface area contributed by atoms with Gasteiger partial charge in [-0.05, 0) is 26.7 Å². The molecule has 0 aromatic rings. The highest BCUT2D eigenvalue weighted by atomic mass is 16.7. The zero-order chi connectivity index (χ0) is 15.4. The van der Waals surface area contributed by atoms with E-state index in [1.165, 1.54) is 70.6 Å². The van der Waals surface area contributed by atoms with Crippen LogP contribution in [0, 0.1) is 0 Å². The lowest BCUT2D eigenvalue weighted by atomic mass is 10.1. The van der Waals surface area contributed by atoms with E-state index in [2.05, 4.69) is 19.1 Å². The number of ether oxygens (including phenoxy) is 2. The molecule has 0 spiro atoms. The van der Waals surface area contributed by atoms with Crippen LogP contribution in [-0.2, 0) is 9.47 Å². The summed E-state index contributed by atoms with van der Waals surface area (Å²) in [5.41, 5.74) is 0. The van der Waals surface area contributed by atoms with Crippen LogP contribution >= 0.6 is 0 Å². The molecule has 124 valence electrons. The van der Waals surface area contributed by atoms with Gasteiger partial charge in [0.15, 0.2) is 5.79 Å². The lowest BCUT2D eigenvalue weighted by Crippen LogP contribution is -2.20. The van der Waals surface area contributed by atoms with E-state index in [9.17, 15) is 0 Å². The van der Waals surface area contributed by atoms with Crippen molar-refractivity contribution in [2.45, 2.75) is 103 Å². The van der Waals surface area contributed by atoms with E-state index >= 15 is 0 Å². The second-order valence-electron chi connectivity index (χ2n) is 6.77. The molecule has 0 radical (unpaired) electrons. The quantitative estimate of drug-likeness (QED) is 0.324. The molecule has 1 atom stereocenters. The van der Waals surface area contributed by atoms with Crippen LogP contribution in [0.3, 0.4) is 0 Å². The van der Waals surface area contributed by atoms with Crippen LogP contribution in [0.1, 0.15) is 91.4 Å². The predicted molar refractivity (Wildman–Crippen MR) is 90.5 cm³/mol. The Bertz CT molecular complexity index is 271. The molecular weight excluding hydrogens is 260 g/mol. The van der Waals surface area contributed by atoms with E-state index < -0.39 is 5.79 Å². The maximum atomic E-state index is 5.74. The second-order valence-corrected chi connectivity index (χ2v) is 6.77. The zero-order valence-electron chi connectivity index (χ0n) is 14.5. The lowest BCUT2D eigenvalue weighted by Gasteiger charge is -2.15. The first-order valence-corrected chi connectivity index (χ1v) is 9.12. The molecule has 2 nitrogen and oxygen atoms in total. The van der Waals surface area contributed by atoms with E-state index in [-0.39, 0.29) is 6.10 Å². The molecule has 0 saturated carbocycles. The van der Waals surface area contributed by atoms with Crippen LogP contribution in [0.5, 0.6) is 0 Å². The molecule has 0 unspecified atom stereocenters. The zero-order valence-corrected chi connectivity index (χ0v) is 14.5. The van der Waals surface area contributed by atoms with Crippen molar-refractivity contribution in [1.29, 1.82) is 0 Å². The highest BCUT2D eigenvalue weighted by Gasteiger charge is 2.30. The topological polar surface area (TPSA) is 18.5 Å². The Morgan fingerprint density at radius 3 is 2.00 bits per heavy atom. The molecular formula is C19H36O2. The normalized spacial score (nSPS) is 21.4. The van der Waals surface area contributed by atoms with E-state index in [4.69, 9.17) is 9.47 Å². The molecule has 0 N–H and O–H groups in total. The SMILES string of the molecule is CCCCCCCCCCCC/C=C\[C@H]1COC(C)(C)O1. The van der Waals surface area contributed by atoms with Crippen molar-refractivity contribution >= 4 is 0 Å². The minimum absolute atomic E-state index is 0.156. The Kier molecular flexibility index (Phi) is 10.0. The maximum absolute atomic E-state index is 5.74. The van der Waals surface area contributed by atoms with Crippen molar-refractivity contribution in [1.82, 2.24) is 0 Å². The number of hydrogen-bond acceptors (Lipinski definition) is 2. The molecule has 1 rings (SSSR count). The van der Waals surface area contributed by atoms with Crippen molar-refractivity contribution in [3.63, 3.8) is 0 Å². The van der Waals surface area contributed by atoms with Crippen molar-refractivity contribution in [3.8, 4) is 0 Å². The summed E-state index contributed by atoms with van der Waals surface area (Å²) in [6, 6.07) is 0. The Labute approximate surface area is 132 Å². The number of hydrogen-bond donors (Lipinski definition) is 0. The summed E-state index contributed by atoms with van der Waals surface area (Å²) in [7, 11) is 0. The van der Waals surface area contributed by atoms with Gasteiger partial charge in [-0.25, -0.2) is 0 Å². The maximum Gasteiger partial charge on any atom is 0.163 e. The van der Waals surface area contributed by atoms with Gasteiger partial charge in [-0.2, -0.15) is 0 Å². The molecule has 2 heteroatoms. The van der Waals surface area contributed by atoms with Gasteiger partial charge in [-0.15, -0.1) is 0 Å². The van der Waals surface area contributed by atoms with Crippen LogP contribution < -0.4 is 0 Å². The minimum Gasteiger partial charge on any atom is -0.347 e.